The van der Waals surface area contributed by atoms with Crippen molar-refractivity contribution >= 4 is 11.6 Å². The van der Waals surface area contributed by atoms with Gasteiger partial charge >= 0.3 is 0 Å². The highest BCUT2D eigenvalue weighted by Gasteiger charge is 2.65. The second-order valence-electron chi connectivity index (χ2n) is 3.86. The van der Waals surface area contributed by atoms with E-state index in [1.807, 2.05) is 24.3 Å². The maximum atomic E-state index is 11.7. The highest BCUT2D eigenvalue weighted by atomic mass is 16.2. The van der Waals surface area contributed by atoms with Gasteiger partial charge in [0.1, 0.15) is 0 Å². The Balaban J connectivity index is 2.18. The van der Waals surface area contributed by atoms with E-state index in [1.54, 1.807) is 0 Å². The Kier molecular flexibility index (Phi) is 1.17. The molecule has 1 aromatic rings. The number of anilines is 1. The van der Waals surface area contributed by atoms with Crippen LogP contribution in [0.15, 0.2) is 24.3 Å². The van der Waals surface area contributed by atoms with Gasteiger partial charge < -0.3 is 5.32 Å². The zero-order valence-corrected chi connectivity index (χ0v) is 7.45. The van der Waals surface area contributed by atoms with Crippen LogP contribution in [0.3, 0.4) is 0 Å². The normalized spacial score (nSPS) is 32.2. The molecule has 0 bridgehead atoms. The SMILES string of the molecule is N#C[C@@H]1C[C@]12C(=O)Nc1ccccc12. The van der Waals surface area contributed by atoms with Crippen molar-refractivity contribution in [2.24, 2.45) is 5.92 Å². The number of nitrogens with one attached hydrogen (secondary N) is 1. The van der Waals surface area contributed by atoms with Gasteiger partial charge in [-0.3, -0.25) is 4.79 Å². The average Bonchev–Trinajstić information content (AvgIpc) is 2.87. The Bertz CT molecular complexity index is 474. The van der Waals surface area contributed by atoms with Crippen molar-refractivity contribution in [1.29, 1.82) is 5.26 Å². The second-order valence-corrected chi connectivity index (χ2v) is 3.86. The highest BCUT2D eigenvalue weighted by molar-refractivity contribution is 6.09. The zero-order chi connectivity index (χ0) is 9.76. The summed E-state index contributed by atoms with van der Waals surface area (Å²) in [7, 11) is 0. The summed E-state index contributed by atoms with van der Waals surface area (Å²) in [4.78, 5) is 11.7. The van der Waals surface area contributed by atoms with Crippen LogP contribution in [-0.2, 0) is 10.2 Å². The first kappa shape index (κ1) is 7.57. The van der Waals surface area contributed by atoms with E-state index in [-0.39, 0.29) is 11.8 Å². The van der Waals surface area contributed by atoms with Gasteiger partial charge in [0.2, 0.25) is 5.91 Å². The minimum atomic E-state index is -0.509. The van der Waals surface area contributed by atoms with E-state index in [0.29, 0.717) is 6.42 Å². The molecule has 0 radical (unpaired) electrons. The molecule has 1 aromatic carbocycles. The van der Waals surface area contributed by atoms with Crippen LogP contribution in [0, 0.1) is 17.2 Å². The van der Waals surface area contributed by atoms with Gasteiger partial charge in [-0.15, -0.1) is 0 Å². The minimum absolute atomic E-state index is 0.00903. The van der Waals surface area contributed by atoms with Crippen LogP contribution >= 0.6 is 0 Å². The van der Waals surface area contributed by atoms with Crippen LogP contribution < -0.4 is 5.32 Å². The van der Waals surface area contributed by atoms with Crippen molar-refractivity contribution in [2.75, 3.05) is 5.32 Å². The van der Waals surface area contributed by atoms with E-state index in [0.717, 1.165) is 11.3 Å². The summed E-state index contributed by atoms with van der Waals surface area (Å²) in [5, 5.41) is 11.7. The quantitative estimate of drug-likeness (QED) is 0.663. The zero-order valence-electron chi connectivity index (χ0n) is 7.45. The lowest BCUT2D eigenvalue weighted by molar-refractivity contribution is -0.118. The Hall–Kier alpha value is -1.82. The molecular formula is C11H8N2O. The average molecular weight is 184 g/mol. The van der Waals surface area contributed by atoms with Crippen LogP contribution in [-0.4, -0.2) is 5.91 Å². The van der Waals surface area contributed by atoms with Crippen LogP contribution in [0.5, 0.6) is 0 Å². The van der Waals surface area contributed by atoms with Gasteiger partial charge in [0.25, 0.3) is 0 Å². The van der Waals surface area contributed by atoms with Crippen LogP contribution in [0.2, 0.25) is 0 Å². The highest BCUT2D eigenvalue weighted by Crippen LogP contribution is 2.59. The predicted octanol–water partition coefficient (Wildman–Crippen LogP) is 1.42. The van der Waals surface area contributed by atoms with Gasteiger partial charge in [-0.1, -0.05) is 18.2 Å². The maximum absolute atomic E-state index is 11.7. The number of hydrogen-bond acceptors (Lipinski definition) is 2. The summed E-state index contributed by atoms with van der Waals surface area (Å²) in [5.41, 5.74) is 1.36. The molecule has 1 fully saturated rings. The molecule has 3 rings (SSSR count). The number of carbonyl (C=O) groups is 1. The number of para-hydroxylation sites is 1. The molecule has 1 heterocycles. The van der Waals surface area contributed by atoms with Gasteiger partial charge in [-0.05, 0) is 18.1 Å². The predicted molar refractivity (Wildman–Crippen MR) is 50.5 cm³/mol. The number of nitrogens with zero attached hydrogens (tertiary/aromatic N) is 1. The Labute approximate surface area is 81.3 Å². The van der Waals surface area contributed by atoms with Crippen LogP contribution in [0.4, 0.5) is 5.69 Å². The molecule has 1 aliphatic heterocycles. The van der Waals surface area contributed by atoms with Gasteiger partial charge in [0, 0.05) is 5.69 Å². The summed E-state index contributed by atoms with van der Waals surface area (Å²) in [6.45, 7) is 0. The number of nitriles is 1. The third-order valence-corrected chi connectivity index (χ3v) is 3.18. The fourth-order valence-electron chi connectivity index (χ4n) is 2.30. The van der Waals surface area contributed by atoms with Gasteiger partial charge in [-0.2, -0.15) is 5.26 Å². The number of benzene rings is 1. The topological polar surface area (TPSA) is 52.9 Å². The molecule has 14 heavy (non-hydrogen) atoms. The van der Waals surface area contributed by atoms with Gasteiger partial charge in [0.05, 0.1) is 17.4 Å². The number of amides is 1. The lowest BCUT2D eigenvalue weighted by Crippen LogP contribution is -2.20. The van der Waals surface area contributed by atoms with Crippen LogP contribution in [0.1, 0.15) is 12.0 Å². The molecule has 1 N–H and O–H groups in total. The largest absolute Gasteiger partial charge is 0.325 e. The number of fused-ring (bicyclic) bond motifs is 2. The summed E-state index contributed by atoms with van der Waals surface area (Å²) in [5.74, 6) is -0.142. The third kappa shape index (κ3) is 0.655. The van der Waals surface area contributed by atoms with Gasteiger partial charge in [0.15, 0.2) is 0 Å². The van der Waals surface area contributed by atoms with Crippen molar-refractivity contribution in [1.82, 2.24) is 0 Å². The summed E-state index contributed by atoms with van der Waals surface area (Å²) >= 11 is 0. The molecule has 0 aromatic heterocycles. The number of rotatable bonds is 0. The van der Waals surface area contributed by atoms with Crippen molar-refractivity contribution in [3.8, 4) is 6.07 Å². The Morgan fingerprint density at radius 1 is 1.50 bits per heavy atom. The van der Waals surface area contributed by atoms with E-state index in [1.165, 1.54) is 0 Å². The lowest BCUT2D eigenvalue weighted by Gasteiger charge is -2.03. The number of hydrogen-bond donors (Lipinski definition) is 1. The van der Waals surface area contributed by atoms with Gasteiger partial charge in [-0.25, -0.2) is 0 Å². The van der Waals surface area contributed by atoms with E-state index in [2.05, 4.69) is 11.4 Å². The fourth-order valence-corrected chi connectivity index (χ4v) is 2.30. The Morgan fingerprint density at radius 2 is 2.29 bits per heavy atom. The molecule has 1 amide bonds. The van der Waals surface area contributed by atoms with E-state index in [4.69, 9.17) is 5.26 Å². The third-order valence-electron chi connectivity index (χ3n) is 3.18. The standard InChI is InChI=1S/C11H8N2O/c12-6-7-5-11(7)8-3-1-2-4-9(8)13-10(11)14/h1-4,7H,5H2,(H,13,14)/t7-,11-/m0/s1. The molecule has 3 heteroatoms. The molecule has 2 atom stereocenters. The summed E-state index contributed by atoms with van der Waals surface area (Å²) in [6, 6.07) is 9.80. The molecule has 0 unspecified atom stereocenters. The van der Waals surface area contributed by atoms with Crippen molar-refractivity contribution in [3.05, 3.63) is 29.8 Å². The first-order chi connectivity index (χ1) is 6.79. The van der Waals surface area contributed by atoms with E-state index < -0.39 is 5.41 Å². The first-order valence-electron chi connectivity index (χ1n) is 4.59. The van der Waals surface area contributed by atoms with Crippen molar-refractivity contribution in [2.45, 2.75) is 11.8 Å². The molecular weight excluding hydrogens is 176 g/mol. The fraction of sp³-hybridized carbons (Fsp3) is 0.273. The minimum Gasteiger partial charge on any atom is -0.325 e. The van der Waals surface area contributed by atoms with E-state index in [9.17, 15) is 4.79 Å². The number of carbonyl (C=O) groups excluding carboxylic acids is 1. The lowest BCUT2D eigenvalue weighted by atomic mass is 9.95. The molecule has 2 aliphatic rings. The molecule has 1 saturated carbocycles. The maximum Gasteiger partial charge on any atom is 0.236 e. The molecule has 1 aliphatic carbocycles. The summed E-state index contributed by atoms with van der Waals surface area (Å²) in [6.07, 6.45) is 0.673. The van der Waals surface area contributed by atoms with Crippen LogP contribution in [0.25, 0.3) is 0 Å². The second kappa shape index (κ2) is 2.16. The molecule has 0 saturated heterocycles. The van der Waals surface area contributed by atoms with Crippen molar-refractivity contribution < 1.29 is 4.79 Å². The molecule has 3 nitrogen and oxygen atoms in total. The van der Waals surface area contributed by atoms with Crippen molar-refractivity contribution in [3.63, 3.8) is 0 Å². The monoisotopic (exact) mass is 184 g/mol. The summed E-state index contributed by atoms with van der Waals surface area (Å²) < 4.78 is 0. The smallest absolute Gasteiger partial charge is 0.236 e. The Morgan fingerprint density at radius 3 is 3.00 bits per heavy atom. The first-order valence-corrected chi connectivity index (χ1v) is 4.59. The molecule has 68 valence electrons. The van der Waals surface area contributed by atoms with E-state index >= 15 is 0 Å². The molecule has 1 spiro atoms.